The maximum absolute atomic E-state index is 13.7. The molecule has 0 saturated carbocycles. The molecule has 0 aliphatic rings. The minimum atomic E-state index is -4.81. The summed E-state index contributed by atoms with van der Waals surface area (Å²) in [6.07, 6.45) is -4.81. The summed E-state index contributed by atoms with van der Waals surface area (Å²) >= 11 is 6.65. The maximum Gasteiger partial charge on any atom is 0.418 e. The number of carbonyl (C=O) groups excluding carboxylic acids is 2. The third-order valence-electron chi connectivity index (χ3n) is 3.75. The number of carbonyl (C=O) groups is 2. The number of rotatable bonds is 4. The van der Waals surface area contributed by atoms with Gasteiger partial charge >= 0.3 is 6.18 Å². The predicted molar refractivity (Wildman–Crippen MR) is 103 cm³/mol. The van der Waals surface area contributed by atoms with Crippen LogP contribution in [0.4, 0.5) is 28.9 Å². The van der Waals surface area contributed by atoms with Gasteiger partial charge in [-0.25, -0.2) is 4.39 Å². The van der Waals surface area contributed by atoms with Crippen molar-refractivity contribution in [1.29, 1.82) is 0 Å². The summed E-state index contributed by atoms with van der Waals surface area (Å²) in [5.41, 5.74) is -2.17. The first-order chi connectivity index (χ1) is 13.6. The van der Waals surface area contributed by atoms with Gasteiger partial charge < -0.3 is 10.6 Å². The number of alkyl halides is 3. The molecule has 2 N–H and O–H groups in total. The zero-order valence-electron chi connectivity index (χ0n) is 14.3. The lowest BCUT2D eigenvalue weighted by atomic mass is 10.1. The van der Waals surface area contributed by atoms with Crippen LogP contribution < -0.4 is 10.6 Å². The quantitative estimate of drug-likeness (QED) is 0.482. The zero-order valence-corrected chi connectivity index (χ0v) is 15.9. The molecule has 0 fully saturated rings. The summed E-state index contributed by atoms with van der Waals surface area (Å²) in [6, 6.07) is 10.8. The minimum absolute atomic E-state index is 0.139. The van der Waals surface area contributed by atoms with E-state index >= 15 is 0 Å². The first kappa shape index (κ1) is 20.8. The normalized spacial score (nSPS) is 11.2. The lowest BCUT2D eigenvalue weighted by Gasteiger charge is -2.15. The van der Waals surface area contributed by atoms with Crippen LogP contribution in [-0.4, -0.2) is 11.8 Å². The van der Waals surface area contributed by atoms with Crippen molar-refractivity contribution < 1.29 is 27.2 Å². The van der Waals surface area contributed by atoms with Crippen molar-refractivity contribution in [2.45, 2.75) is 6.18 Å². The first-order valence-electron chi connectivity index (χ1n) is 7.99. The Kier molecular flexibility index (Phi) is 5.90. The molecule has 3 aromatic rings. The number of hydrogen-bond acceptors (Lipinski definition) is 3. The van der Waals surface area contributed by atoms with E-state index in [1.54, 1.807) is 0 Å². The smallest absolute Gasteiger partial charge is 0.322 e. The van der Waals surface area contributed by atoms with Gasteiger partial charge in [0, 0.05) is 5.69 Å². The summed E-state index contributed by atoms with van der Waals surface area (Å²) in [6.45, 7) is 0. The highest BCUT2D eigenvalue weighted by Crippen LogP contribution is 2.37. The zero-order chi connectivity index (χ0) is 21.2. The van der Waals surface area contributed by atoms with E-state index in [0.717, 1.165) is 23.5 Å². The summed E-state index contributed by atoms with van der Waals surface area (Å²) < 4.78 is 54.4. The van der Waals surface area contributed by atoms with E-state index in [-0.39, 0.29) is 16.1 Å². The third kappa shape index (κ3) is 4.93. The Bertz CT molecular complexity index is 1080. The van der Waals surface area contributed by atoms with Gasteiger partial charge in [0.15, 0.2) is 0 Å². The van der Waals surface area contributed by atoms with Crippen molar-refractivity contribution in [1.82, 2.24) is 0 Å². The van der Waals surface area contributed by atoms with Crippen LogP contribution in [0.15, 0.2) is 54.6 Å². The number of nitrogens with one attached hydrogen (secondary N) is 2. The number of anilines is 2. The Morgan fingerprint density at radius 3 is 2.28 bits per heavy atom. The van der Waals surface area contributed by atoms with Gasteiger partial charge in [-0.3, -0.25) is 9.59 Å². The van der Waals surface area contributed by atoms with Crippen LogP contribution in [0, 0.1) is 5.82 Å². The van der Waals surface area contributed by atoms with Crippen molar-refractivity contribution in [2.75, 3.05) is 10.6 Å². The van der Waals surface area contributed by atoms with E-state index < -0.39 is 35.1 Å². The molecule has 1 aromatic heterocycles. The van der Waals surface area contributed by atoms with Crippen molar-refractivity contribution in [3.8, 4) is 0 Å². The standard InChI is InChI=1S/C19H11ClF4N2O2S/c20-16-8-7-15(29-16)18(28)26-14-6-5-10(9-12(14)19(22,23)24)25-17(27)11-3-1-2-4-13(11)21/h1-9H,(H,25,27)(H,26,28). The van der Waals surface area contributed by atoms with Gasteiger partial charge in [-0.05, 0) is 42.5 Å². The van der Waals surface area contributed by atoms with Gasteiger partial charge in [-0.2, -0.15) is 13.2 Å². The first-order valence-corrected chi connectivity index (χ1v) is 9.18. The second kappa shape index (κ2) is 8.22. The average Bonchev–Trinajstić information content (AvgIpc) is 3.09. The minimum Gasteiger partial charge on any atom is -0.322 e. The lowest BCUT2D eigenvalue weighted by Crippen LogP contribution is -2.18. The summed E-state index contributed by atoms with van der Waals surface area (Å²) in [7, 11) is 0. The van der Waals surface area contributed by atoms with E-state index in [1.165, 1.54) is 36.4 Å². The van der Waals surface area contributed by atoms with Crippen LogP contribution in [0.2, 0.25) is 4.34 Å². The third-order valence-corrected chi connectivity index (χ3v) is 4.98. The highest BCUT2D eigenvalue weighted by atomic mass is 35.5. The van der Waals surface area contributed by atoms with E-state index in [1.807, 2.05) is 0 Å². The SMILES string of the molecule is O=C(Nc1ccc(NC(=O)c2ccccc2F)cc1C(F)(F)F)c1ccc(Cl)s1. The monoisotopic (exact) mass is 442 g/mol. The van der Waals surface area contributed by atoms with Gasteiger partial charge in [-0.1, -0.05) is 23.7 Å². The molecule has 0 atom stereocenters. The molecule has 0 radical (unpaired) electrons. The molecule has 2 amide bonds. The van der Waals surface area contributed by atoms with Gasteiger partial charge in [0.1, 0.15) is 5.82 Å². The molecule has 3 rings (SSSR count). The topological polar surface area (TPSA) is 58.2 Å². The molecule has 0 aliphatic heterocycles. The Labute approximate surface area is 171 Å². The molecular formula is C19H11ClF4N2O2S. The van der Waals surface area contributed by atoms with Gasteiger partial charge in [0.05, 0.1) is 26.0 Å². The highest BCUT2D eigenvalue weighted by Gasteiger charge is 2.34. The maximum atomic E-state index is 13.7. The van der Waals surface area contributed by atoms with Crippen molar-refractivity contribution in [3.05, 3.63) is 80.8 Å². The Balaban J connectivity index is 1.87. The molecule has 150 valence electrons. The molecule has 10 heteroatoms. The van der Waals surface area contributed by atoms with Crippen molar-refractivity contribution in [2.24, 2.45) is 0 Å². The number of halogens is 5. The second-order valence-electron chi connectivity index (χ2n) is 5.75. The molecule has 0 unspecified atom stereocenters. The summed E-state index contributed by atoms with van der Waals surface area (Å²) in [4.78, 5) is 24.4. The molecular weight excluding hydrogens is 432 g/mol. The number of amides is 2. The molecule has 0 aliphatic carbocycles. The van der Waals surface area contributed by atoms with Gasteiger partial charge in [0.25, 0.3) is 11.8 Å². The predicted octanol–water partition coefficient (Wildman–Crippen LogP) is 6.06. The lowest BCUT2D eigenvalue weighted by molar-refractivity contribution is -0.136. The fourth-order valence-corrected chi connectivity index (χ4v) is 3.37. The van der Waals surface area contributed by atoms with Crippen LogP contribution in [0.25, 0.3) is 0 Å². The Morgan fingerprint density at radius 2 is 1.66 bits per heavy atom. The Hall–Kier alpha value is -2.91. The Morgan fingerprint density at radius 1 is 0.931 bits per heavy atom. The number of thiophene rings is 1. The second-order valence-corrected chi connectivity index (χ2v) is 7.47. The van der Waals surface area contributed by atoms with E-state index in [2.05, 4.69) is 10.6 Å². The van der Waals surface area contributed by atoms with E-state index in [9.17, 15) is 27.2 Å². The molecule has 2 aromatic carbocycles. The largest absolute Gasteiger partial charge is 0.418 e. The van der Waals surface area contributed by atoms with Crippen LogP contribution in [0.1, 0.15) is 25.6 Å². The fourth-order valence-electron chi connectivity index (χ4n) is 2.43. The molecule has 29 heavy (non-hydrogen) atoms. The number of hydrogen-bond donors (Lipinski definition) is 2. The van der Waals surface area contributed by atoms with E-state index in [4.69, 9.17) is 11.6 Å². The van der Waals surface area contributed by atoms with Crippen molar-refractivity contribution >= 4 is 46.1 Å². The van der Waals surface area contributed by atoms with Crippen LogP contribution in [-0.2, 0) is 6.18 Å². The van der Waals surface area contributed by atoms with E-state index in [0.29, 0.717) is 10.4 Å². The molecule has 0 bridgehead atoms. The van der Waals surface area contributed by atoms with Crippen molar-refractivity contribution in [3.63, 3.8) is 0 Å². The average molecular weight is 443 g/mol. The molecule has 0 saturated heterocycles. The van der Waals surface area contributed by atoms with Crippen LogP contribution in [0.5, 0.6) is 0 Å². The number of benzene rings is 2. The highest BCUT2D eigenvalue weighted by molar-refractivity contribution is 7.18. The van der Waals surface area contributed by atoms with Gasteiger partial charge in [0.2, 0.25) is 0 Å². The fraction of sp³-hybridized carbons (Fsp3) is 0.0526. The summed E-state index contributed by atoms with van der Waals surface area (Å²) in [5, 5.41) is 4.41. The van der Waals surface area contributed by atoms with Crippen LogP contribution in [0.3, 0.4) is 0 Å². The van der Waals surface area contributed by atoms with Gasteiger partial charge in [-0.15, -0.1) is 11.3 Å². The van der Waals surface area contributed by atoms with Crippen LogP contribution >= 0.6 is 22.9 Å². The molecule has 1 heterocycles. The molecule has 0 spiro atoms. The summed E-state index contributed by atoms with van der Waals surface area (Å²) in [5.74, 6) is -2.46. The molecule has 4 nitrogen and oxygen atoms in total.